The van der Waals surface area contributed by atoms with Gasteiger partial charge in [-0.3, -0.25) is 14.1 Å². The molecular formula is C12H22NaO7S. The van der Waals surface area contributed by atoms with Crippen LogP contribution in [0.1, 0.15) is 34.1 Å². The van der Waals surface area contributed by atoms with Crippen molar-refractivity contribution in [1.29, 1.82) is 0 Å². The normalized spacial score (nSPS) is 12.7. The summed E-state index contributed by atoms with van der Waals surface area (Å²) in [4.78, 5) is 23.0. The van der Waals surface area contributed by atoms with E-state index in [0.717, 1.165) is 0 Å². The maximum Gasteiger partial charge on any atom is 0.327 e. The molecule has 0 saturated carbocycles. The molecule has 0 aromatic carbocycles. The quantitative estimate of drug-likeness (QED) is 0.395. The van der Waals surface area contributed by atoms with Crippen molar-refractivity contribution in [2.24, 2.45) is 11.8 Å². The van der Waals surface area contributed by atoms with E-state index in [1.165, 1.54) is 0 Å². The largest absolute Gasteiger partial charge is 0.465 e. The van der Waals surface area contributed by atoms with Gasteiger partial charge in [-0.25, -0.2) is 0 Å². The third kappa shape index (κ3) is 11.1. The van der Waals surface area contributed by atoms with Crippen LogP contribution < -0.4 is 0 Å². The van der Waals surface area contributed by atoms with Crippen molar-refractivity contribution in [1.82, 2.24) is 0 Å². The molecule has 0 spiro atoms. The van der Waals surface area contributed by atoms with Gasteiger partial charge in [0, 0.05) is 29.6 Å². The Balaban J connectivity index is 0. The van der Waals surface area contributed by atoms with Crippen molar-refractivity contribution < 1.29 is 32.0 Å². The summed E-state index contributed by atoms with van der Waals surface area (Å²) >= 11 is 0. The van der Waals surface area contributed by atoms with Crippen LogP contribution in [-0.4, -0.2) is 72.9 Å². The first-order chi connectivity index (χ1) is 9.04. The van der Waals surface area contributed by atoms with Crippen LogP contribution in [0, 0.1) is 11.8 Å². The van der Waals surface area contributed by atoms with Gasteiger partial charge in [0.25, 0.3) is 10.1 Å². The summed E-state index contributed by atoms with van der Waals surface area (Å²) < 4.78 is 40.8. The molecule has 21 heavy (non-hydrogen) atoms. The van der Waals surface area contributed by atoms with E-state index >= 15 is 0 Å². The maximum atomic E-state index is 11.6. The molecule has 119 valence electrons. The van der Waals surface area contributed by atoms with Gasteiger partial charge in [-0.2, -0.15) is 8.42 Å². The summed E-state index contributed by atoms with van der Waals surface area (Å²) in [6.45, 7) is 7.28. The molecule has 0 heterocycles. The minimum atomic E-state index is -4.72. The summed E-state index contributed by atoms with van der Waals surface area (Å²) in [5, 5.41) is -1.94. The van der Waals surface area contributed by atoms with E-state index in [9.17, 15) is 18.0 Å². The fraction of sp³-hybridized carbons (Fsp3) is 0.833. The van der Waals surface area contributed by atoms with Crippen LogP contribution in [0.2, 0.25) is 0 Å². The van der Waals surface area contributed by atoms with E-state index in [1.807, 2.05) is 13.8 Å². The first-order valence-electron chi connectivity index (χ1n) is 6.32. The Labute approximate surface area is 147 Å². The van der Waals surface area contributed by atoms with Crippen LogP contribution in [0.3, 0.4) is 0 Å². The molecule has 0 amide bonds. The first-order valence-corrected chi connectivity index (χ1v) is 7.83. The van der Waals surface area contributed by atoms with Crippen molar-refractivity contribution in [2.75, 3.05) is 13.2 Å². The third-order valence-corrected chi connectivity index (χ3v) is 3.19. The molecule has 9 heteroatoms. The summed E-state index contributed by atoms with van der Waals surface area (Å²) in [7, 11) is -4.72. The van der Waals surface area contributed by atoms with Crippen LogP contribution in [0.4, 0.5) is 0 Å². The van der Waals surface area contributed by atoms with Crippen molar-refractivity contribution in [3.63, 3.8) is 0 Å². The maximum absolute atomic E-state index is 11.6. The topological polar surface area (TPSA) is 107 Å². The summed E-state index contributed by atoms with van der Waals surface area (Å²) in [5.41, 5.74) is 0. The Hall–Kier alpha value is -0.150. The molecule has 0 rings (SSSR count). The van der Waals surface area contributed by atoms with Crippen LogP contribution in [-0.2, 0) is 29.2 Å². The molecule has 0 aromatic rings. The molecule has 1 atom stereocenters. The fourth-order valence-corrected chi connectivity index (χ4v) is 1.78. The minimum Gasteiger partial charge on any atom is -0.465 e. The number of ether oxygens (including phenoxy) is 2. The average molecular weight is 333 g/mol. The molecule has 0 aliphatic heterocycles. The zero-order valence-corrected chi connectivity index (χ0v) is 16.0. The number of carbonyl (C=O) groups is 2. The molecule has 0 fully saturated rings. The van der Waals surface area contributed by atoms with Crippen molar-refractivity contribution >= 4 is 51.6 Å². The van der Waals surface area contributed by atoms with Crippen molar-refractivity contribution in [3.8, 4) is 0 Å². The average Bonchev–Trinajstić information content (AvgIpc) is 2.28. The molecule has 0 aliphatic carbocycles. The number of rotatable bonds is 8. The van der Waals surface area contributed by atoms with Crippen molar-refractivity contribution in [3.05, 3.63) is 0 Å². The Kier molecular flexibility index (Phi) is 11.6. The second-order valence-corrected chi connectivity index (χ2v) is 6.91. The SMILES string of the molecule is CC(C)COC(=O)CC(C(=O)OCC(C)C)S(=O)(=O)O.[Na]. The van der Waals surface area contributed by atoms with E-state index in [2.05, 4.69) is 0 Å². The number of hydrogen-bond donors (Lipinski definition) is 1. The van der Waals surface area contributed by atoms with Gasteiger partial charge < -0.3 is 9.47 Å². The van der Waals surface area contributed by atoms with Crippen LogP contribution in [0.15, 0.2) is 0 Å². The van der Waals surface area contributed by atoms with Crippen molar-refractivity contribution in [2.45, 2.75) is 39.4 Å². The first kappa shape index (κ1) is 23.1. The van der Waals surface area contributed by atoms with E-state index in [0.29, 0.717) is 0 Å². The Bertz CT molecular complexity index is 431. The van der Waals surface area contributed by atoms with Gasteiger partial charge in [0.15, 0.2) is 5.25 Å². The molecule has 1 radical (unpaired) electrons. The summed E-state index contributed by atoms with van der Waals surface area (Å²) in [6, 6.07) is 0. The van der Waals surface area contributed by atoms with Gasteiger partial charge in [0.2, 0.25) is 0 Å². The molecule has 7 nitrogen and oxygen atoms in total. The second-order valence-electron chi connectivity index (χ2n) is 5.31. The zero-order valence-electron chi connectivity index (χ0n) is 13.2. The van der Waals surface area contributed by atoms with Gasteiger partial charge >= 0.3 is 11.9 Å². The molecule has 0 saturated heterocycles. The Morgan fingerprint density at radius 3 is 1.81 bits per heavy atom. The van der Waals surface area contributed by atoms with E-state index < -0.39 is 33.7 Å². The van der Waals surface area contributed by atoms with Gasteiger partial charge in [-0.15, -0.1) is 0 Å². The summed E-state index contributed by atoms with van der Waals surface area (Å²) in [6.07, 6.45) is -0.761. The predicted octanol–water partition coefficient (Wildman–Crippen LogP) is 0.651. The monoisotopic (exact) mass is 333 g/mol. The van der Waals surface area contributed by atoms with Crippen LogP contribution >= 0.6 is 0 Å². The molecular weight excluding hydrogens is 311 g/mol. The number of esters is 2. The minimum absolute atomic E-state index is 0. The van der Waals surface area contributed by atoms with E-state index in [4.69, 9.17) is 14.0 Å². The third-order valence-electron chi connectivity index (χ3n) is 2.11. The van der Waals surface area contributed by atoms with Gasteiger partial charge in [-0.05, 0) is 11.8 Å². The standard InChI is InChI=1S/C12H22O7S.Na/c1-8(2)6-18-11(13)5-10(20(15,16)17)12(14)19-7-9(3)4;/h8-10H,5-7H2,1-4H3,(H,15,16,17);. The van der Waals surface area contributed by atoms with Crippen LogP contribution in [0.25, 0.3) is 0 Å². The molecule has 0 aliphatic rings. The van der Waals surface area contributed by atoms with E-state index in [1.54, 1.807) is 13.8 Å². The fourth-order valence-electron chi connectivity index (χ4n) is 1.12. The number of carbonyl (C=O) groups excluding carboxylic acids is 2. The smallest absolute Gasteiger partial charge is 0.327 e. The van der Waals surface area contributed by atoms with Gasteiger partial charge in [0.05, 0.1) is 19.6 Å². The molecule has 0 bridgehead atoms. The Morgan fingerprint density at radius 2 is 1.43 bits per heavy atom. The Morgan fingerprint density at radius 1 is 1.00 bits per heavy atom. The van der Waals surface area contributed by atoms with E-state index in [-0.39, 0.29) is 54.6 Å². The van der Waals surface area contributed by atoms with Crippen LogP contribution in [0.5, 0.6) is 0 Å². The molecule has 0 aromatic heterocycles. The molecule has 1 N–H and O–H groups in total. The summed E-state index contributed by atoms with van der Waals surface area (Å²) in [5.74, 6) is -1.93. The number of hydrogen-bond acceptors (Lipinski definition) is 6. The molecule has 1 unspecified atom stereocenters. The second kappa shape index (κ2) is 10.6. The predicted molar refractivity (Wildman–Crippen MR) is 77.3 cm³/mol. The van der Waals surface area contributed by atoms with Gasteiger partial charge in [0.1, 0.15) is 0 Å². The zero-order chi connectivity index (χ0) is 15.9. The van der Waals surface area contributed by atoms with Gasteiger partial charge in [-0.1, -0.05) is 27.7 Å².